The van der Waals surface area contributed by atoms with Gasteiger partial charge in [-0.05, 0) is 60.9 Å². The molecule has 0 heterocycles. The fraction of sp³-hybridized carbons (Fsp3) is 0.259. The maximum absolute atomic E-state index is 13.8. The number of carbonyl (C=O) groups is 2. The number of anilines is 1. The Morgan fingerprint density at radius 2 is 1.56 bits per heavy atom. The summed E-state index contributed by atoms with van der Waals surface area (Å²) in [7, 11) is -2.72. The van der Waals surface area contributed by atoms with Gasteiger partial charge in [-0.1, -0.05) is 49.4 Å². The minimum absolute atomic E-state index is 0.136. The summed E-state index contributed by atoms with van der Waals surface area (Å²) in [6.45, 7) is 3.30. The van der Waals surface area contributed by atoms with Gasteiger partial charge in [0.1, 0.15) is 18.4 Å². The smallest absolute Gasteiger partial charge is 0.264 e. The molecule has 9 heteroatoms. The summed E-state index contributed by atoms with van der Waals surface area (Å²) >= 11 is 0. The monoisotopic (exact) mass is 511 g/mol. The third kappa shape index (κ3) is 6.09. The van der Waals surface area contributed by atoms with E-state index in [0.717, 1.165) is 39.7 Å². The van der Waals surface area contributed by atoms with E-state index in [4.69, 9.17) is 0 Å². The molecule has 7 nitrogen and oxygen atoms in total. The van der Waals surface area contributed by atoms with E-state index in [1.54, 1.807) is 37.3 Å². The second-order valence-corrected chi connectivity index (χ2v) is 10.1. The lowest BCUT2D eigenvalue weighted by molar-refractivity contribution is -0.140. The van der Waals surface area contributed by atoms with Crippen LogP contribution in [0.3, 0.4) is 0 Å². The van der Waals surface area contributed by atoms with Crippen molar-refractivity contribution in [3.8, 4) is 0 Å². The van der Waals surface area contributed by atoms with Gasteiger partial charge >= 0.3 is 0 Å². The van der Waals surface area contributed by atoms with Gasteiger partial charge in [-0.3, -0.25) is 13.9 Å². The minimum Gasteiger partial charge on any atom is -0.357 e. The van der Waals surface area contributed by atoms with E-state index in [9.17, 15) is 22.4 Å². The highest BCUT2D eigenvalue weighted by molar-refractivity contribution is 7.92. The highest BCUT2D eigenvalue weighted by Gasteiger charge is 2.33. The molecule has 3 aromatic carbocycles. The highest BCUT2D eigenvalue weighted by Crippen LogP contribution is 2.25. The third-order valence-electron chi connectivity index (χ3n) is 5.96. The van der Waals surface area contributed by atoms with E-state index in [1.165, 1.54) is 11.9 Å². The van der Waals surface area contributed by atoms with Gasteiger partial charge in [0.25, 0.3) is 10.0 Å². The molecule has 2 amide bonds. The van der Waals surface area contributed by atoms with Gasteiger partial charge in [0, 0.05) is 13.6 Å². The van der Waals surface area contributed by atoms with E-state index in [2.05, 4.69) is 5.32 Å². The van der Waals surface area contributed by atoms with E-state index < -0.39 is 34.3 Å². The van der Waals surface area contributed by atoms with Crippen LogP contribution in [0.5, 0.6) is 0 Å². The van der Waals surface area contributed by atoms with Crippen LogP contribution in [0.15, 0.2) is 83.8 Å². The van der Waals surface area contributed by atoms with Crippen molar-refractivity contribution in [1.82, 2.24) is 10.2 Å². The number of amides is 2. The Morgan fingerprint density at radius 3 is 2.14 bits per heavy atom. The Balaban J connectivity index is 2.04. The molecule has 0 aromatic heterocycles. The Morgan fingerprint density at radius 1 is 0.944 bits per heavy atom. The molecule has 0 radical (unpaired) electrons. The molecule has 0 saturated carbocycles. The summed E-state index contributed by atoms with van der Waals surface area (Å²) < 4.78 is 41.7. The van der Waals surface area contributed by atoms with Crippen LogP contribution in [0.1, 0.15) is 24.5 Å². The number of halogens is 1. The van der Waals surface area contributed by atoms with Crippen molar-refractivity contribution in [2.24, 2.45) is 0 Å². The Labute approximate surface area is 211 Å². The lowest BCUT2D eigenvalue weighted by Gasteiger charge is -2.33. The molecule has 1 N–H and O–H groups in total. The number of hydrogen-bond acceptors (Lipinski definition) is 4. The number of benzene rings is 3. The number of nitrogens with one attached hydrogen (secondary N) is 1. The zero-order valence-electron chi connectivity index (χ0n) is 20.5. The molecule has 1 unspecified atom stereocenters. The van der Waals surface area contributed by atoms with E-state index in [-0.39, 0.29) is 23.0 Å². The molecule has 0 fully saturated rings. The molecular weight excluding hydrogens is 481 g/mol. The SMILES string of the molecule is CCC(C(=O)NC)N(Cc1ccccc1C)C(=O)CN(c1ccccc1)S(=O)(=O)c1ccc(F)cc1. The van der Waals surface area contributed by atoms with Gasteiger partial charge in [0.15, 0.2) is 0 Å². The number of carbonyl (C=O) groups excluding carboxylic acids is 2. The number of hydrogen-bond donors (Lipinski definition) is 1. The Hall–Kier alpha value is -3.72. The molecule has 0 aliphatic rings. The largest absolute Gasteiger partial charge is 0.357 e. The first-order valence-electron chi connectivity index (χ1n) is 11.6. The van der Waals surface area contributed by atoms with Gasteiger partial charge in [-0.2, -0.15) is 0 Å². The average molecular weight is 512 g/mol. The summed E-state index contributed by atoms with van der Waals surface area (Å²) in [5.41, 5.74) is 2.07. The molecule has 0 saturated heterocycles. The molecule has 3 aromatic rings. The fourth-order valence-corrected chi connectivity index (χ4v) is 5.33. The van der Waals surface area contributed by atoms with Crippen molar-refractivity contribution < 1.29 is 22.4 Å². The third-order valence-corrected chi connectivity index (χ3v) is 7.75. The number of para-hydroxylation sites is 1. The fourth-order valence-electron chi connectivity index (χ4n) is 3.91. The van der Waals surface area contributed by atoms with Crippen molar-refractivity contribution in [2.45, 2.75) is 37.8 Å². The first-order valence-corrected chi connectivity index (χ1v) is 13.0. The Bertz CT molecular complexity index is 1300. The van der Waals surface area contributed by atoms with Crippen molar-refractivity contribution >= 4 is 27.5 Å². The predicted octanol–water partition coefficient (Wildman–Crippen LogP) is 3.88. The Kier molecular flexibility index (Phi) is 8.82. The van der Waals surface area contributed by atoms with Crippen LogP contribution < -0.4 is 9.62 Å². The molecule has 0 spiro atoms. The lowest BCUT2D eigenvalue weighted by Crippen LogP contribution is -2.51. The van der Waals surface area contributed by atoms with Crippen LogP contribution in [0.4, 0.5) is 10.1 Å². The molecule has 0 aliphatic heterocycles. The van der Waals surface area contributed by atoms with Crippen molar-refractivity contribution in [2.75, 3.05) is 17.9 Å². The van der Waals surface area contributed by atoms with Crippen molar-refractivity contribution in [3.63, 3.8) is 0 Å². The van der Waals surface area contributed by atoms with E-state index in [1.807, 2.05) is 31.2 Å². The van der Waals surface area contributed by atoms with E-state index in [0.29, 0.717) is 6.42 Å². The number of sulfonamides is 1. The number of rotatable bonds is 10. The summed E-state index contributed by atoms with van der Waals surface area (Å²) in [4.78, 5) is 27.7. The quantitative estimate of drug-likeness (QED) is 0.448. The number of nitrogens with zero attached hydrogens (tertiary/aromatic N) is 2. The molecule has 0 aliphatic carbocycles. The first-order chi connectivity index (χ1) is 17.2. The van der Waals surface area contributed by atoms with Gasteiger partial charge in [0.2, 0.25) is 11.8 Å². The summed E-state index contributed by atoms with van der Waals surface area (Å²) in [5.74, 6) is -1.45. The number of aryl methyl sites for hydroxylation is 1. The van der Waals surface area contributed by atoms with Gasteiger partial charge in [-0.25, -0.2) is 12.8 Å². The van der Waals surface area contributed by atoms with Crippen LogP contribution in [0.25, 0.3) is 0 Å². The van der Waals surface area contributed by atoms with Crippen LogP contribution in [0, 0.1) is 12.7 Å². The highest BCUT2D eigenvalue weighted by atomic mass is 32.2. The topological polar surface area (TPSA) is 86.8 Å². The maximum atomic E-state index is 13.8. The molecule has 0 bridgehead atoms. The van der Waals surface area contributed by atoms with Crippen molar-refractivity contribution in [3.05, 3.63) is 95.8 Å². The first kappa shape index (κ1) is 26.9. The summed E-state index contributed by atoms with van der Waals surface area (Å²) in [6, 6.07) is 19.4. The maximum Gasteiger partial charge on any atom is 0.264 e. The lowest BCUT2D eigenvalue weighted by atomic mass is 10.1. The number of likely N-dealkylation sites (N-methyl/N-ethyl adjacent to an activating group) is 1. The second-order valence-electron chi connectivity index (χ2n) is 8.29. The van der Waals surface area contributed by atoms with E-state index >= 15 is 0 Å². The predicted molar refractivity (Wildman–Crippen MR) is 137 cm³/mol. The normalized spacial score (nSPS) is 12.0. The van der Waals surface area contributed by atoms with Crippen LogP contribution in [-0.4, -0.2) is 44.8 Å². The van der Waals surface area contributed by atoms with Gasteiger partial charge in [0.05, 0.1) is 10.6 Å². The second kappa shape index (κ2) is 11.8. The van der Waals surface area contributed by atoms with Crippen LogP contribution >= 0.6 is 0 Å². The summed E-state index contributed by atoms with van der Waals surface area (Å²) in [6.07, 6.45) is 0.341. The van der Waals surface area contributed by atoms with Crippen LogP contribution in [-0.2, 0) is 26.2 Å². The zero-order valence-corrected chi connectivity index (χ0v) is 21.3. The zero-order chi connectivity index (χ0) is 26.3. The van der Waals surface area contributed by atoms with Crippen LogP contribution in [0.2, 0.25) is 0 Å². The molecule has 36 heavy (non-hydrogen) atoms. The van der Waals surface area contributed by atoms with Gasteiger partial charge < -0.3 is 10.2 Å². The average Bonchev–Trinajstić information content (AvgIpc) is 2.88. The molecular formula is C27H30FN3O4S. The van der Waals surface area contributed by atoms with Gasteiger partial charge in [-0.15, -0.1) is 0 Å². The standard InChI is InChI=1S/C27H30FN3O4S/c1-4-25(27(33)29-3)30(18-21-11-9-8-10-20(21)2)26(32)19-31(23-12-6-5-7-13-23)36(34,35)24-16-14-22(28)15-17-24/h5-17,25H,4,18-19H2,1-3H3,(H,29,33). The minimum atomic E-state index is -4.22. The molecule has 190 valence electrons. The molecule has 3 rings (SSSR count). The molecule has 1 atom stereocenters. The summed E-state index contributed by atoms with van der Waals surface area (Å²) in [5, 5.41) is 2.60. The van der Waals surface area contributed by atoms with Crippen molar-refractivity contribution in [1.29, 1.82) is 0 Å².